The van der Waals surface area contributed by atoms with Crippen LogP contribution in [0.5, 0.6) is 5.75 Å². The number of halogens is 1. The first-order valence-corrected chi connectivity index (χ1v) is 6.38. The minimum absolute atomic E-state index is 0.221. The molecule has 94 valence electrons. The Morgan fingerprint density at radius 1 is 1.47 bits per heavy atom. The number of aryl methyl sites for hydroxylation is 1. The second kappa shape index (κ2) is 5.25. The topological polar surface area (TPSA) is 61.3 Å². The zero-order chi connectivity index (χ0) is 12.4. The summed E-state index contributed by atoms with van der Waals surface area (Å²) in [7, 11) is 0. The van der Waals surface area contributed by atoms with Gasteiger partial charge in [0.25, 0.3) is 0 Å². The summed E-state index contributed by atoms with van der Waals surface area (Å²) in [4.78, 5) is 0. The summed E-state index contributed by atoms with van der Waals surface area (Å²) in [5, 5.41) is 0.681. The van der Waals surface area contributed by atoms with Gasteiger partial charge in [0.05, 0.1) is 6.61 Å². The van der Waals surface area contributed by atoms with Crippen LogP contribution in [0.4, 0.5) is 0 Å². The van der Waals surface area contributed by atoms with Crippen molar-refractivity contribution in [3.8, 4) is 5.75 Å². The molecule has 1 aromatic carbocycles. The minimum Gasteiger partial charge on any atom is -0.493 e. The van der Waals surface area contributed by atoms with Crippen molar-refractivity contribution in [3.05, 3.63) is 28.3 Å². The highest BCUT2D eigenvalue weighted by molar-refractivity contribution is 6.30. The van der Waals surface area contributed by atoms with E-state index < -0.39 is 0 Å². The van der Waals surface area contributed by atoms with E-state index in [1.807, 2.05) is 19.1 Å². The highest BCUT2D eigenvalue weighted by atomic mass is 35.5. The lowest BCUT2D eigenvalue weighted by Gasteiger charge is -2.18. The molecule has 0 aliphatic heterocycles. The van der Waals surface area contributed by atoms with Gasteiger partial charge in [-0.15, -0.1) is 0 Å². The van der Waals surface area contributed by atoms with Crippen molar-refractivity contribution >= 4 is 11.6 Å². The van der Waals surface area contributed by atoms with Crippen LogP contribution < -0.4 is 16.2 Å². The molecule has 4 heteroatoms. The Kier molecular flexibility index (Phi) is 3.92. The highest BCUT2D eigenvalue weighted by Crippen LogP contribution is 2.34. The Balaban J connectivity index is 2.24. The molecule has 0 radical (unpaired) electrons. The third-order valence-corrected chi connectivity index (χ3v) is 3.30. The van der Waals surface area contributed by atoms with E-state index >= 15 is 0 Å². The number of ether oxygens (including phenoxy) is 1. The average Bonchev–Trinajstić information content (AvgIpc) is 3.09. The molecule has 0 saturated heterocycles. The van der Waals surface area contributed by atoms with Crippen LogP contribution in [0.1, 0.15) is 30.0 Å². The van der Waals surface area contributed by atoms with Crippen molar-refractivity contribution in [3.63, 3.8) is 0 Å². The van der Waals surface area contributed by atoms with E-state index in [0.717, 1.165) is 23.5 Å². The number of rotatable bonds is 5. The van der Waals surface area contributed by atoms with Gasteiger partial charge < -0.3 is 16.2 Å². The maximum absolute atomic E-state index is 6.05. The van der Waals surface area contributed by atoms with Gasteiger partial charge >= 0.3 is 0 Å². The van der Waals surface area contributed by atoms with Gasteiger partial charge in [-0.1, -0.05) is 11.6 Å². The minimum atomic E-state index is -0.221. The van der Waals surface area contributed by atoms with Crippen LogP contribution >= 0.6 is 11.6 Å². The normalized spacial score (nSPS) is 16.9. The summed E-state index contributed by atoms with van der Waals surface area (Å²) >= 11 is 6.05. The molecule has 1 unspecified atom stereocenters. The molecule has 0 heterocycles. The summed E-state index contributed by atoms with van der Waals surface area (Å²) in [5.41, 5.74) is 13.5. The lowest BCUT2D eigenvalue weighted by Crippen LogP contribution is -2.22. The van der Waals surface area contributed by atoms with Gasteiger partial charge in [-0.05, 0) is 43.4 Å². The van der Waals surface area contributed by atoms with Gasteiger partial charge in [0.15, 0.2) is 0 Å². The number of hydrogen-bond donors (Lipinski definition) is 2. The first kappa shape index (κ1) is 12.7. The summed E-state index contributed by atoms with van der Waals surface area (Å²) in [5.74, 6) is 1.58. The number of hydrogen-bond acceptors (Lipinski definition) is 3. The van der Waals surface area contributed by atoms with Crippen LogP contribution in [0.3, 0.4) is 0 Å². The van der Waals surface area contributed by atoms with Crippen LogP contribution in [-0.2, 0) is 0 Å². The number of benzene rings is 1. The van der Waals surface area contributed by atoms with Crippen molar-refractivity contribution in [1.82, 2.24) is 0 Å². The van der Waals surface area contributed by atoms with Gasteiger partial charge in [0.1, 0.15) is 5.75 Å². The zero-order valence-corrected chi connectivity index (χ0v) is 10.8. The molecule has 3 nitrogen and oxygen atoms in total. The van der Waals surface area contributed by atoms with E-state index in [9.17, 15) is 0 Å². The lowest BCUT2D eigenvalue weighted by atomic mass is 10.0. The molecule has 1 saturated carbocycles. The fourth-order valence-electron chi connectivity index (χ4n) is 1.84. The summed E-state index contributed by atoms with van der Waals surface area (Å²) in [6, 6.07) is 3.53. The van der Waals surface area contributed by atoms with Crippen LogP contribution in [0.2, 0.25) is 5.02 Å². The van der Waals surface area contributed by atoms with Gasteiger partial charge in [0.2, 0.25) is 0 Å². The molecule has 1 aromatic rings. The van der Waals surface area contributed by atoms with Crippen molar-refractivity contribution in [2.75, 3.05) is 13.2 Å². The Morgan fingerprint density at radius 3 is 2.76 bits per heavy atom. The highest BCUT2D eigenvalue weighted by Gasteiger charge is 2.23. The van der Waals surface area contributed by atoms with Gasteiger partial charge in [0, 0.05) is 23.2 Å². The van der Waals surface area contributed by atoms with Crippen LogP contribution in [-0.4, -0.2) is 13.2 Å². The molecule has 0 aromatic heterocycles. The van der Waals surface area contributed by atoms with E-state index in [1.165, 1.54) is 12.8 Å². The molecular weight excluding hydrogens is 236 g/mol. The van der Waals surface area contributed by atoms with Crippen LogP contribution in [0, 0.1) is 12.8 Å². The van der Waals surface area contributed by atoms with Crippen LogP contribution in [0.25, 0.3) is 0 Å². The van der Waals surface area contributed by atoms with Gasteiger partial charge in [-0.3, -0.25) is 0 Å². The molecular formula is C13H19ClN2O. The van der Waals surface area contributed by atoms with Crippen molar-refractivity contribution in [2.45, 2.75) is 25.8 Å². The van der Waals surface area contributed by atoms with Gasteiger partial charge in [-0.25, -0.2) is 0 Å². The first-order chi connectivity index (χ1) is 8.11. The van der Waals surface area contributed by atoms with E-state index in [1.54, 1.807) is 0 Å². The maximum atomic E-state index is 6.05. The fourth-order valence-corrected chi connectivity index (χ4v) is 2.12. The Hall–Kier alpha value is -0.770. The fraction of sp³-hybridized carbons (Fsp3) is 0.538. The van der Waals surface area contributed by atoms with Crippen molar-refractivity contribution < 1.29 is 4.74 Å². The van der Waals surface area contributed by atoms with E-state index in [4.69, 9.17) is 27.8 Å². The molecule has 1 atom stereocenters. The molecule has 2 rings (SSSR count). The molecule has 17 heavy (non-hydrogen) atoms. The monoisotopic (exact) mass is 254 g/mol. The second-order valence-electron chi connectivity index (χ2n) is 4.74. The Bertz CT molecular complexity index is 405. The second-order valence-corrected chi connectivity index (χ2v) is 5.17. The molecule has 1 fully saturated rings. The molecule has 1 aliphatic rings. The van der Waals surface area contributed by atoms with Crippen molar-refractivity contribution in [2.24, 2.45) is 17.4 Å². The largest absolute Gasteiger partial charge is 0.493 e. The Morgan fingerprint density at radius 2 is 2.18 bits per heavy atom. The quantitative estimate of drug-likeness (QED) is 0.848. The first-order valence-electron chi connectivity index (χ1n) is 6.00. The lowest BCUT2D eigenvalue weighted by molar-refractivity contribution is 0.293. The summed E-state index contributed by atoms with van der Waals surface area (Å²) in [6.07, 6.45) is 2.54. The van der Waals surface area contributed by atoms with E-state index in [2.05, 4.69) is 0 Å². The summed E-state index contributed by atoms with van der Waals surface area (Å²) < 4.78 is 5.88. The smallest absolute Gasteiger partial charge is 0.127 e. The average molecular weight is 255 g/mol. The molecule has 0 amide bonds. The standard InChI is InChI=1S/C13H19ClN2O/c1-8-4-10(14)5-11(12(16)6-15)13(8)17-7-9-2-3-9/h4-5,9,12H,2-3,6-7,15-16H2,1H3. The predicted molar refractivity (Wildman–Crippen MR) is 70.4 cm³/mol. The van der Waals surface area contributed by atoms with E-state index in [-0.39, 0.29) is 6.04 Å². The molecule has 4 N–H and O–H groups in total. The number of nitrogens with two attached hydrogens (primary N) is 2. The van der Waals surface area contributed by atoms with Crippen LogP contribution in [0.15, 0.2) is 12.1 Å². The summed E-state index contributed by atoms with van der Waals surface area (Å²) in [6.45, 7) is 3.15. The molecule has 1 aliphatic carbocycles. The molecule has 0 spiro atoms. The third-order valence-electron chi connectivity index (χ3n) is 3.08. The van der Waals surface area contributed by atoms with E-state index in [0.29, 0.717) is 17.5 Å². The molecule has 0 bridgehead atoms. The van der Waals surface area contributed by atoms with Gasteiger partial charge in [-0.2, -0.15) is 0 Å². The van der Waals surface area contributed by atoms with Crippen molar-refractivity contribution in [1.29, 1.82) is 0 Å². The SMILES string of the molecule is Cc1cc(Cl)cc(C(N)CN)c1OCC1CC1. The zero-order valence-electron chi connectivity index (χ0n) is 10.1. The third kappa shape index (κ3) is 3.12. The maximum Gasteiger partial charge on any atom is 0.127 e. The Labute approximate surface area is 107 Å². The predicted octanol–water partition coefficient (Wildman–Crippen LogP) is 2.40.